The second-order valence-corrected chi connectivity index (χ2v) is 7.23. The summed E-state index contributed by atoms with van der Waals surface area (Å²) in [6.45, 7) is 1.83. The van der Waals surface area contributed by atoms with Crippen LogP contribution >= 0.6 is 15.9 Å². The lowest BCUT2D eigenvalue weighted by Gasteiger charge is -2.11. The Labute approximate surface area is 132 Å². The topological polar surface area (TPSA) is 70.0 Å². The lowest BCUT2D eigenvalue weighted by atomic mass is 10.1. The largest absolute Gasteiger partial charge is 0.283 e. The maximum atomic E-state index is 12.2. The fourth-order valence-electron chi connectivity index (χ4n) is 1.91. The van der Waals surface area contributed by atoms with Crippen molar-refractivity contribution in [3.05, 3.63) is 63.6 Å². The van der Waals surface area contributed by atoms with Gasteiger partial charge in [-0.3, -0.25) is 4.72 Å². The van der Waals surface area contributed by atoms with Crippen molar-refractivity contribution in [3.8, 4) is 6.07 Å². The minimum Gasteiger partial charge on any atom is -0.283 e. The first-order valence-corrected chi connectivity index (χ1v) is 8.60. The van der Waals surface area contributed by atoms with E-state index in [-0.39, 0.29) is 5.75 Å². The lowest BCUT2D eigenvalue weighted by molar-refractivity contribution is 0.600. The van der Waals surface area contributed by atoms with Gasteiger partial charge in [-0.25, -0.2) is 8.42 Å². The van der Waals surface area contributed by atoms with Crippen molar-refractivity contribution in [1.29, 1.82) is 5.26 Å². The van der Waals surface area contributed by atoms with E-state index >= 15 is 0 Å². The summed E-state index contributed by atoms with van der Waals surface area (Å²) in [6, 6.07) is 14.0. The van der Waals surface area contributed by atoms with Crippen LogP contribution in [0.3, 0.4) is 0 Å². The number of nitrogens with zero attached hydrogens (tertiary/aromatic N) is 1. The molecule has 0 aliphatic rings. The van der Waals surface area contributed by atoms with E-state index < -0.39 is 10.0 Å². The SMILES string of the molecule is Cc1cc(Br)ccc1NS(=O)(=O)Cc1ccccc1C#N. The van der Waals surface area contributed by atoms with Crippen LogP contribution in [0.2, 0.25) is 0 Å². The number of benzene rings is 2. The fraction of sp³-hybridized carbons (Fsp3) is 0.133. The number of sulfonamides is 1. The smallest absolute Gasteiger partial charge is 0.236 e. The van der Waals surface area contributed by atoms with Crippen LogP contribution in [-0.4, -0.2) is 8.42 Å². The van der Waals surface area contributed by atoms with Gasteiger partial charge in [-0.15, -0.1) is 0 Å². The average Bonchev–Trinajstić information content (AvgIpc) is 2.42. The molecule has 21 heavy (non-hydrogen) atoms. The van der Waals surface area contributed by atoms with Crippen molar-refractivity contribution >= 4 is 31.6 Å². The first-order valence-electron chi connectivity index (χ1n) is 6.16. The molecule has 0 aromatic heterocycles. The van der Waals surface area contributed by atoms with Crippen LogP contribution in [0.1, 0.15) is 16.7 Å². The van der Waals surface area contributed by atoms with E-state index in [1.807, 2.05) is 19.1 Å². The van der Waals surface area contributed by atoms with Crippen LogP contribution in [0.25, 0.3) is 0 Å². The summed E-state index contributed by atoms with van der Waals surface area (Å²) >= 11 is 3.34. The summed E-state index contributed by atoms with van der Waals surface area (Å²) in [6.07, 6.45) is 0. The molecule has 2 rings (SSSR count). The predicted molar refractivity (Wildman–Crippen MR) is 86.3 cm³/mol. The van der Waals surface area contributed by atoms with Gasteiger partial charge in [-0.05, 0) is 42.3 Å². The number of hydrogen-bond donors (Lipinski definition) is 1. The van der Waals surface area contributed by atoms with E-state index in [1.165, 1.54) is 0 Å². The van der Waals surface area contributed by atoms with Crippen LogP contribution in [0.15, 0.2) is 46.9 Å². The molecule has 0 radical (unpaired) electrons. The Morgan fingerprint density at radius 2 is 1.95 bits per heavy atom. The van der Waals surface area contributed by atoms with Gasteiger partial charge in [0.2, 0.25) is 10.0 Å². The van der Waals surface area contributed by atoms with Crippen molar-refractivity contribution < 1.29 is 8.42 Å². The molecule has 0 aliphatic carbocycles. The molecule has 0 fully saturated rings. The van der Waals surface area contributed by atoms with E-state index in [4.69, 9.17) is 5.26 Å². The van der Waals surface area contributed by atoms with Crippen LogP contribution in [-0.2, 0) is 15.8 Å². The van der Waals surface area contributed by atoms with Gasteiger partial charge in [-0.1, -0.05) is 34.1 Å². The molecule has 4 nitrogen and oxygen atoms in total. The van der Waals surface area contributed by atoms with Crippen molar-refractivity contribution in [2.24, 2.45) is 0 Å². The van der Waals surface area contributed by atoms with E-state index in [2.05, 4.69) is 20.7 Å². The first kappa shape index (κ1) is 15.5. The molecule has 0 saturated carbocycles. The Morgan fingerprint density at radius 1 is 1.24 bits per heavy atom. The highest BCUT2D eigenvalue weighted by atomic mass is 79.9. The first-order chi connectivity index (χ1) is 9.91. The Kier molecular flexibility index (Phi) is 4.66. The Bertz CT molecular complexity index is 811. The van der Waals surface area contributed by atoms with E-state index in [0.29, 0.717) is 16.8 Å². The van der Waals surface area contributed by atoms with E-state index in [1.54, 1.807) is 36.4 Å². The maximum absolute atomic E-state index is 12.2. The zero-order valence-corrected chi connectivity index (χ0v) is 13.7. The number of aryl methyl sites for hydroxylation is 1. The molecule has 6 heteroatoms. The van der Waals surface area contributed by atoms with Crippen molar-refractivity contribution in [1.82, 2.24) is 0 Å². The molecule has 0 spiro atoms. The molecule has 1 N–H and O–H groups in total. The summed E-state index contributed by atoms with van der Waals surface area (Å²) in [5, 5.41) is 9.01. The van der Waals surface area contributed by atoms with Gasteiger partial charge in [0, 0.05) is 4.47 Å². The highest BCUT2D eigenvalue weighted by Gasteiger charge is 2.15. The molecule has 0 amide bonds. The molecular formula is C15H13BrN2O2S. The van der Waals surface area contributed by atoms with E-state index in [9.17, 15) is 8.42 Å². The molecule has 0 bridgehead atoms. The average molecular weight is 365 g/mol. The Morgan fingerprint density at radius 3 is 2.62 bits per heavy atom. The second kappa shape index (κ2) is 6.29. The minimum atomic E-state index is -3.57. The van der Waals surface area contributed by atoms with Crippen LogP contribution in [0.5, 0.6) is 0 Å². The maximum Gasteiger partial charge on any atom is 0.236 e. The fourth-order valence-corrected chi connectivity index (χ4v) is 3.68. The molecule has 2 aromatic carbocycles. The van der Waals surface area contributed by atoms with Gasteiger partial charge in [0.1, 0.15) is 0 Å². The third-order valence-electron chi connectivity index (χ3n) is 2.94. The van der Waals surface area contributed by atoms with Crippen molar-refractivity contribution in [2.45, 2.75) is 12.7 Å². The number of anilines is 1. The molecule has 0 unspecified atom stereocenters. The molecular weight excluding hydrogens is 352 g/mol. The van der Waals surface area contributed by atoms with Crippen LogP contribution in [0, 0.1) is 18.3 Å². The second-order valence-electron chi connectivity index (χ2n) is 4.59. The molecule has 0 heterocycles. The van der Waals surface area contributed by atoms with Gasteiger partial charge in [-0.2, -0.15) is 5.26 Å². The van der Waals surface area contributed by atoms with Gasteiger partial charge in [0.05, 0.1) is 23.1 Å². The standard InChI is InChI=1S/C15H13BrN2O2S/c1-11-8-14(16)6-7-15(11)18-21(19,20)10-13-5-3-2-4-12(13)9-17/h2-8,18H,10H2,1H3. The zero-order valence-electron chi connectivity index (χ0n) is 11.3. The lowest BCUT2D eigenvalue weighted by Crippen LogP contribution is -2.16. The summed E-state index contributed by atoms with van der Waals surface area (Å²) in [5.41, 5.74) is 2.21. The summed E-state index contributed by atoms with van der Waals surface area (Å²) in [5.74, 6) is -0.230. The van der Waals surface area contributed by atoms with Crippen LogP contribution < -0.4 is 4.72 Å². The molecule has 0 saturated heterocycles. The number of nitrogens with one attached hydrogen (secondary N) is 1. The summed E-state index contributed by atoms with van der Waals surface area (Å²) in [7, 11) is -3.57. The Balaban J connectivity index is 2.25. The number of halogens is 1. The molecule has 2 aromatic rings. The monoisotopic (exact) mass is 364 g/mol. The predicted octanol–water partition coefficient (Wildman–Crippen LogP) is 3.57. The van der Waals surface area contributed by atoms with Gasteiger partial charge < -0.3 is 0 Å². The molecule has 0 aliphatic heterocycles. The molecule has 0 atom stereocenters. The van der Waals surface area contributed by atoms with Crippen LogP contribution in [0.4, 0.5) is 5.69 Å². The van der Waals surface area contributed by atoms with Crippen molar-refractivity contribution in [2.75, 3.05) is 4.72 Å². The van der Waals surface area contributed by atoms with E-state index in [0.717, 1.165) is 10.0 Å². The van der Waals surface area contributed by atoms with Gasteiger partial charge in [0.25, 0.3) is 0 Å². The highest BCUT2D eigenvalue weighted by molar-refractivity contribution is 9.10. The molecule has 108 valence electrons. The normalized spacial score (nSPS) is 10.9. The number of rotatable bonds is 4. The number of nitriles is 1. The summed E-state index contributed by atoms with van der Waals surface area (Å²) in [4.78, 5) is 0. The van der Waals surface area contributed by atoms with Gasteiger partial charge >= 0.3 is 0 Å². The zero-order chi connectivity index (χ0) is 15.5. The third kappa shape index (κ3) is 4.06. The minimum absolute atomic E-state index is 0.230. The quantitative estimate of drug-likeness (QED) is 0.901. The third-order valence-corrected chi connectivity index (χ3v) is 4.65. The van der Waals surface area contributed by atoms with Gasteiger partial charge in [0.15, 0.2) is 0 Å². The Hall–Kier alpha value is -1.84. The highest BCUT2D eigenvalue weighted by Crippen LogP contribution is 2.22. The number of hydrogen-bond acceptors (Lipinski definition) is 3. The van der Waals surface area contributed by atoms with Crippen molar-refractivity contribution in [3.63, 3.8) is 0 Å². The summed E-state index contributed by atoms with van der Waals surface area (Å²) < 4.78 is 27.9.